The van der Waals surface area contributed by atoms with E-state index in [-0.39, 0.29) is 246 Å². The number of carbonyl (C=O) groups is 1. The molecule has 0 radical (unpaired) electrons. The van der Waals surface area contributed by atoms with Crippen LogP contribution in [0.4, 0.5) is 0 Å². The van der Waals surface area contributed by atoms with Crippen molar-refractivity contribution >= 4 is 5.97 Å². The highest BCUT2D eigenvalue weighted by Gasteiger charge is 2.40. The van der Waals surface area contributed by atoms with Crippen LogP contribution >= 0.6 is 0 Å². The van der Waals surface area contributed by atoms with Crippen LogP contribution in [0.5, 0.6) is 0 Å². The van der Waals surface area contributed by atoms with Crippen molar-refractivity contribution in [2.24, 2.45) is 5.92 Å². The van der Waals surface area contributed by atoms with E-state index < -0.39 is 23.4 Å². The Kier molecular flexibility index (Phi) is 7.79. The van der Waals surface area contributed by atoms with Gasteiger partial charge in [-0.1, -0.05) is 64.9 Å². The predicted molar refractivity (Wildman–Crippen MR) is 514 cm³/mol. The fourth-order valence-electron chi connectivity index (χ4n) is 6.97. The lowest BCUT2D eigenvalue weighted by atomic mass is 9.88. The molecule has 0 bridgehead atoms. The van der Waals surface area contributed by atoms with E-state index in [9.17, 15) is 12.3 Å². The summed E-state index contributed by atoms with van der Waals surface area (Å²) in [5.41, 5.74) is 4.45. The molecule has 0 aliphatic rings. The summed E-state index contributed by atoms with van der Waals surface area (Å²) in [5, 5.41) is 14.6. The van der Waals surface area contributed by atoms with Crippen LogP contribution in [0.25, 0.3) is 22.5 Å². The fourth-order valence-corrected chi connectivity index (χ4v) is 6.97. The van der Waals surface area contributed by atoms with Gasteiger partial charge in [0.25, 0.3) is 0 Å². The van der Waals surface area contributed by atoms with E-state index >= 15 is 0 Å². The molecule has 5 aromatic rings. The van der Waals surface area contributed by atoms with Crippen molar-refractivity contribution in [3.05, 3.63) is 91.9 Å². The number of aromatic nitrogens is 6. The minimum absolute atomic E-state index is 0. The SMILES string of the molecule is [2H][2H].[2H][2H].[2H][2H].[2H][2H].[2H][2H].[2H][2H].[2H][2H].[2H]c1c(C)c(C(C)n2c(CC(C)C)nc(C(CC)(CC)OC)c2C(=O)OCc2oc(=O)oc2CC)c(C)c([2H])c1-c1c(C)cccc1-c1nn[nH]n1.[HH].[HH].[HH].[HH].[HH].[HH].[HH].[HH].[HH].[HH].[HH].[HH].[HH].[HH].[HH].[HH].[HH].[HH].[HH].[HH].[HH].[HH].[HH].[HH].[HH].[HH].[HH].[HH].[HH].[HH].[HH].[HH].[HH].[HH].[HH].[HH].[HH].[HH].[HH].[HH].[HH].[HH].[HH].[HH].[HH].[HH].[HH].[HH].[HH].[HH].[HH].[HH].[HH].[HH].[HH].[HH].[HH].[HH].[HH].[HH].[HH].[HH].[HH].[HH].[HH].[HH].[HH].[HH].[HH].[HH].[HH].[HH].[HH].[HH].[HH].[HH].[HH].[HH].[HH].[HH].[HH].[HH].[HH].[HH].[HH].[HH].[HH].[HH].[HH].[HH].[HH].[HH].[HH].[HH].[HH].[HH].[HH].[HH].[HH].[HH].[HH].[HH].[HH].[HH].[HH].[HH].[HH].[HH].[HH].[HH].[HH].[HH].[HH].[HH].[HH].[HH].[HH].[HH].[HH].[HH].[HH].[HH].[HH].[HH].[HH].[HH].[HH].[HH].[HH].[HH].[HH].[HH].[HH].[HH].[HH].[HH].[HH].[HH].[HH].[HH].[HH].[HH].[HH].[HH].[HH].[HH].[HH]. The summed E-state index contributed by atoms with van der Waals surface area (Å²) < 4.78 is 113. The molecule has 0 aliphatic heterocycles. The van der Waals surface area contributed by atoms with Gasteiger partial charge in [-0.25, -0.2) is 14.6 Å². The molecule has 574 valence electrons. The number of nitrogens with zero attached hydrogens (tertiary/aromatic N) is 5. The first-order valence-electron chi connectivity index (χ1n) is 25.1. The highest BCUT2D eigenvalue weighted by Crippen LogP contribution is 2.40. The van der Waals surface area contributed by atoms with Crippen LogP contribution < -0.4 is 5.82 Å². The van der Waals surface area contributed by atoms with Crippen LogP contribution in [0.1, 0.15) is 349 Å². The van der Waals surface area contributed by atoms with Crippen LogP contribution in [0.15, 0.2) is 43.9 Å². The summed E-state index contributed by atoms with van der Waals surface area (Å²) in [6.45, 7) is 17.3. The summed E-state index contributed by atoms with van der Waals surface area (Å²) >= 11 is 0. The minimum Gasteiger partial charge on any atom is -0.453 e. The van der Waals surface area contributed by atoms with Crippen molar-refractivity contribution in [3.8, 4) is 22.5 Å². The predicted octanol–water partition coefficient (Wildman–Crippen LogP) is 45.5. The average Bonchev–Trinajstić information content (AvgIpc) is 1.55. The second-order valence-electron chi connectivity index (χ2n) is 13.0. The molecule has 0 spiro atoms. The van der Waals surface area contributed by atoms with Crippen molar-refractivity contribution in [1.29, 1.82) is 0 Å². The number of benzene rings is 2. The van der Waals surface area contributed by atoms with Crippen LogP contribution in [-0.2, 0) is 34.5 Å². The third kappa shape index (κ3) is 6.81. The lowest BCUT2D eigenvalue weighted by Crippen LogP contribution is -2.31. The highest BCUT2D eigenvalue weighted by atomic mass is 16.6. The van der Waals surface area contributed by atoms with Gasteiger partial charge in [0, 0.05) is 256 Å². The number of esters is 1. The quantitative estimate of drug-likeness (QED) is 0.106. The van der Waals surface area contributed by atoms with Crippen molar-refractivity contribution < 1.29 is 256 Å². The molecule has 0 fully saturated rings. The second kappa shape index (κ2) is 15.0. The normalized spacial score (nSPS) is 14.2. The molecule has 1 unspecified atom stereocenters. The molecule has 3 aromatic heterocycles. The molecule has 0 aliphatic carbocycles. The maximum atomic E-state index is 14.4. The van der Waals surface area contributed by atoms with Crippen LogP contribution in [0, 0.1) is 26.7 Å². The number of aromatic amines is 1. The zero-order valence-electron chi connectivity index (χ0n) is 46.6. The van der Waals surface area contributed by atoms with Gasteiger partial charge in [-0.3, -0.25) is 0 Å². The number of tetrazole rings is 1. The van der Waals surface area contributed by atoms with Gasteiger partial charge in [0.05, 0.1) is 8.78 Å². The van der Waals surface area contributed by atoms with Crippen molar-refractivity contribution in [3.63, 3.8) is 0 Å². The molecular weight excluding hydrogens is 636 g/mol. The number of imidazole rings is 1. The highest BCUT2D eigenvalue weighted by molar-refractivity contribution is 5.90. The maximum absolute atomic E-state index is 14.4. The summed E-state index contributed by atoms with van der Waals surface area (Å²) in [6.07, 6.45) is 1.98. The monoisotopic (exact) mass is 1010 g/mol. The van der Waals surface area contributed by atoms with Gasteiger partial charge in [0.15, 0.2) is 23.8 Å². The van der Waals surface area contributed by atoms with Gasteiger partial charge in [-0.2, -0.15) is 5.21 Å². The Labute approximate surface area is 535 Å². The van der Waals surface area contributed by atoms with E-state index in [0.717, 1.165) is 11.1 Å². The zero-order valence-corrected chi connectivity index (χ0v) is 30.6. The molecular formula is C38H356N6O6. The average molecular weight is 1010 g/mol. The fraction of sp³-hybridized carbons (Fsp3) is 0.474. The number of rotatable bonds is 14. The Balaban J connectivity index is -0.00000000162. The van der Waals surface area contributed by atoms with Gasteiger partial charge in [0.1, 0.15) is 17.1 Å². The Bertz CT molecular complexity index is 2250. The first-order valence-corrected chi connectivity index (χ1v) is 17.1. The lowest BCUT2D eigenvalue weighted by Gasteiger charge is -2.30. The van der Waals surface area contributed by atoms with E-state index in [1.807, 2.05) is 71.2 Å². The molecule has 2 aromatic carbocycles. The molecule has 50 heavy (non-hydrogen) atoms. The smallest absolute Gasteiger partial charge is 0.453 e. The minimum atomic E-state index is -0.909. The van der Waals surface area contributed by atoms with Gasteiger partial charge in [-0.05, 0) is 85.0 Å². The number of hydrogen-bond acceptors (Lipinski definition) is 10. The van der Waals surface area contributed by atoms with Gasteiger partial charge in [-0.15, -0.1) is 10.2 Å². The Hall–Kier alpha value is -4.84. The molecule has 5 rings (SSSR count). The first kappa shape index (κ1) is 26.0. The summed E-state index contributed by atoms with van der Waals surface area (Å²) in [6, 6.07) is 5.48. The number of aryl methyl sites for hydroxylation is 2. The summed E-state index contributed by atoms with van der Waals surface area (Å²) in [7, 11) is 1.61. The molecule has 0 saturated heterocycles. The van der Waals surface area contributed by atoms with E-state index in [0.29, 0.717) is 76.6 Å². The standard InChI is InChI=1S/C38H48N6O6.154H2/c1-11-28-29(50-37(46)49-28)20-48-36(45)33-34(38(12-2,13-3)47-10)39-30(17-21(4)5)44(33)25(9)31-23(7)18-26(19-24(31)8)32-22(6)15-14-16-27(32)35-40-42-43-41-35;;;;;;;;;;;;;;;;;;;;;;;;;;;;;;;;;;;;;;;;;;;;;;;;;;;;;;;;;;;;;;;;;;;;;;;;;;;;;;;;;;;;;;;;;;;;;;;;;;;;;;;;;;;;;;;;;;;;;;;;;;;;;;;;;;;;;;;;;;;;;;;;;;;;;;;;;;/h14-16,18-19,21,25H,11-13,17,20H2,1-10H3,(H,40,41,42,43);154*1H/i18D,19D;7*1+1D;;;;;;;;;;;;;;;;;;;;;;;;;;;;;;;;;;;;;;;;;;;;;;;;;;;;;;;;;;;;;;;;;;;;;;;;;;;;;;;;;;;;;;;;;;;;;;;;;;;;;;;;;;;;;;;;;;;;;;;;;;;;;;;;;;;;;;;;;;;;;;;;;;;. The molecule has 0 saturated carbocycles. The zero-order chi connectivity index (χ0) is 52.1. The van der Waals surface area contributed by atoms with E-state index in [1.165, 1.54) is 0 Å². The van der Waals surface area contributed by atoms with Crippen LogP contribution in [0.2, 0.25) is 0 Å². The third-order valence-electron chi connectivity index (χ3n) is 9.46. The number of carbonyl (C=O) groups excluding carboxylic acids is 1. The molecule has 1 N–H and O–H groups in total. The largest absolute Gasteiger partial charge is 0.519 e. The Morgan fingerprint density at radius 3 is 2.36 bits per heavy atom. The lowest BCUT2D eigenvalue weighted by molar-refractivity contribution is -0.0265. The Morgan fingerprint density at radius 1 is 1.10 bits per heavy atom. The van der Waals surface area contributed by atoms with Crippen LogP contribution in [0.3, 0.4) is 0 Å². The van der Waals surface area contributed by atoms with Crippen molar-refractivity contribution in [2.75, 3.05) is 7.11 Å². The van der Waals surface area contributed by atoms with Crippen molar-refractivity contribution in [2.45, 2.75) is 106 Å². The van der Waals surface area contributed by atoms with E-state index in [2.05, 4.69) is 34.5 Å². The maximum Gasteiger partial charge on any atom is 0.519 e. The molecule has 3 heterocycles. The Morgan fingerprint density at radius 2 is 1.78 bits per heavy atom. The van der Waals surface area contributed by atoms with Gasteiger partial charge in [0.2, 0.25) is 5.82 Å². The molecule has 12 heteroatoms. The van der Waals surface area contributed by atoms with Crippen molar-refractivity contribution in [1.82, 2.24) is 30.2 Å². The summed E-state index contributed by atoms with van der Waals surface area (Å²) in [4.78, 5) is 31.5. The van der Waals surface area contributed by atoms with Crippen LogP contribution in [-0.4, -0.2) is 43.3 Å². The van der Waals surface area contributed by atoms with E-state index in [1.54, 1.807) is 7.11 Å². The summed E-state index contributed by atoms with van der Waals surface area (Å²) in [5.74, 6) is 0.103. The van der Waals surface area contributed by atoms with Gasteiger partial charge < -0.3 is 22.9 Å². The number of hydrogen-bond donors (Lipinski definition) is 1. The first-order chi connectivity index (χ1) is 31.7. The topological polar surface area (TPSA) is 151 Å². The number of H-pyrrole nitrogens is 1. The van der Waals surface area contributed by atoms with E-state index in [4.69, 9.17) is 44.1 Å². The number of ether oxygens (including phenoxy) is 2. The molecule has 12 nitrogen and oxygen atoms in total. The number of nitrogens with one attached hydrogen (secondary N) is 1. The number of methoxy groups -OCH3 is 1. The third-order valence-corrected chi connectivity index (χ3v) is 9.46. The molecule has 1 atom stereocenters. The van der Waals surface area contributed by atoms with Gasteiger partial charge >= 0.3 is 11.8 Å². The second-order valence-corrected chi connectivity index (χ2v) is 13.0. The molecule has 0 amide bonds.